The van der Waals surface area contributed by atoms with Crippen LogP contribution >= 0.6 is 0 Å². The van der Waals surface area contributed by atoms with Gasteiger partial charge >= 0.3 is 5.97 Å². The van der Waals surface area contributed by atoms with Crippen LogP contribution in [0, 0.1) is 0 Å². The van der Waals surface area contributed by atoms with Crippen LogP contribution in [0.5, 0.6) is 0 Å². The lowest BCUT2D eigenvalue weighted by Gasteiger charge is -2.49. The van der Waals surface area contributed by atoms with Gasteiger partial charge in [0.25, 0.3) is 0 Å². The second-order valence-corrected chi connectivity index (χ2v) is 6.53. The van der Waals surface area contributed by atoms with E-state index in [9.17, 15) is 13.2 Å². The van der Waals surface area contributed by atoms with Gasteiger partial charge in [-0.05, 0) is 19.1 Å². The van der Waals surface area contributed by atoms with Crippen LogP contribution in [0.2, 0.25) is 0 Å². The molecular weight excluding hydrogens is 284 g/mol. The first-order chi connectivity index (χ1) is 9.21. The number of hydrogen-bond acceptors (Lipinski definition) is 5. The van der Waals surface area contributed by atoms with Gasteiger partial charge in [0.15, 0.2) is 0 Å². The summed E-state index contributed by atoms with van der Waals surface area (Å²) in [7, 11) is -3.79. The summed E-state index contributed by atoms with van der Waals surface area (Å²) >= 11 is 0. The van der Waals surface area contributed by atoms with Gasteiger partial charge in [0.05, 0.1) is 5.69 Å². The molecule has 0 atom stereocenters. The molecule has 0 aliphatic carbocycles. The fourth-order valence-corrected chi connectivity index (χ4v) is 2.97. The van der Waals surface area contributed by atoms with E-state index in [0.717, 1.165) is 0 Å². The molecule has 1 fully saturated rings. The van der Waals surface area contributed by atoms with Gasteiger partial charge in [0, 0.05) is 13.1 Å². The number of ether oxygens (including phenoxy) is 1. The summed E-state index contributed by atoms with van der Waals surface area (Å²) in [4.78, 5) is 12.3. The van der Waals surface area contributed by atoms with Crippen LogP contribution in [-0.2, 0) is 19.6 Å². The van der Waals surface area contributed by atoms with Crippen molar-refractivity contribution in [3.63, 3.8) is 0 Å². The standard InChI is InChI=1S/C12H16N2O5S/c1-12(19-6-11(15)16)7-14(8-12)9-4-2-3-5-10(9)20(13,17)18/h2-5H,6-8H2,1H3,(H,15,16)(H2,13,17,18). The van der Waals surface area contributed by atoms with Gasteiger partial charge in [-0.1, -0.05) is 12.1 Å². The van der Waals surface area contributed by atoms with Crippen molar-refractivity contribution in [1.29, 1.82) is 0 Å². The van der Waals surface area contributed by atoms with Crippen LogP contribution in [0.25, 0.3) is 0 Å². The molecule has 0 spiro atoms. The Morgan fingerprint density at radius 1 is 1.45 bits per heavy atom. The maximum Gasteiger partial charge on any atom is 0.329 e. The van der Waals surface area contributed by atoms with Crippen molar-refractivity contribution in [2.24, 2.45) is 5.14 Å². The smallest absolute Gasteiger partial charge is 0.329 e. The van der Waals surface area contributed by atoms with E-state index < -0.39 is 21.6 Å². The van der Waals surface area contributed by atoms with Gasteiger partial charge in [-0.25, -0.2) is 18.4 Å². The Balaban J connectivity index is 2.12. The zero-order chi connectivity index (χ0) is 15.0. The lowest BCUT2D eigenvalue weighted by Crippen LogP contribution is -2.62. The second kappa shape index (κ2) is 5.04. The molecule has 1 aliphatic heterocycles. The Morgan fingerprint density at radius 2 is 2.05 bits per heavy atom. The molecule has 0 radical (unpaired) electrons. The van der Waals surface area contributed by atoms with Crippen LogP contribution in [0.15, 0.2) is 29.2 Å². The maximum atomic E-state index is 11.5. The topological polar surface area (TPSA) is 110 Å². The van der Waals surface area contributed by atoms with E-state index in [2.05, 4.69) is 0 Å². The van der Waals surface area contributed by atoms with Gasteiger partial charge in [0.2, 0.25) is 10.0 Å². The molecule has 8 heteroatoms. The van der Waals surface area contributed by atoms with E-state index >= 15 is 0 Å². The third-order valence-corrected chi connectivity index (χ3v) is 4.07. The van der Waals surface area contributed by atoms with E-state index in [-0.39, 0.29) is 11.5 Å². The number of nitrogens with zero attached hydrogens (tertiary/aromatic N) is 1. The molecule has 0 amide bonds. The third-order valence-electron chi connectivity index (χ3n) is 3.11. The molecule has 0 saturated carbocycles. The van der Waals surface area contributed by atoms with Crippen molar-refractivity contribution < 1.29 is 23.1 Å². The number of aliphatic carboxylic acids is 1. The van der Waals surface area contributed by atoms with Crippen molar-refractivity contribution in [2.45, 2.75) is 17.4 Å². The number of nitrogens with two attached hydrogens (primary N) is 1. The minimum atomic E-state index is -3.79. The first-order valence-electron chi connectivity index (χ1n) is 5.94. The molecule has 20 heavy (non-hydrogen) atoms. The van der Waals surface area contributed by atoms with Crippen LogP contribution in [0.3, 0.4) is 0 Å². The quantitative estimate of drug-likeness (QED) is 0.793. The first-order valence-corrected chi connectivity index (χ1v) is 7.48. The highest BCUT2D eigenvalue weighted by Crippen LogP contribution is 2.33. The summed E-state index contributed by atoms with van der Waals surface area (Å²) in [6, 6.07) is 6.43. The van der Waals surface area contributed by atoms with Gasteiger partial charge < -0.3 is 14.7 Å². The molecule has 110 valence electrons. The molecule has 7 nitrogen and oxygen atoms in total. The molecule has 1 heterocycles. The Hall–Kier alpha value is -1.64. The predicted molar refractivity (Wildman–Crippen MR) is 72.0 cm³/mol. The van der Waals surface area contributed by atoms with Crippen LogP contribution < -0.4 is 10.0 Å². The molecule has 0 bridgehead atoms. The highest BCUT2D eigenvalue weighted by Gasteiger charge is 2.41. The van der Waals surface area contributed by atoms with E-state index in [1.54, 1.807) is 30.0 Å². The fraction of sp³-hybridized carbons (Fsp3) is 0.417. The third kappa shape index (κ3) is 3.09. The molecule has 0 aromatic heterocycles. The summed E-state index contributed by atoms with van der Waals surface area (Å²) in [6.45, 7) is 2.23. The molecule has 3 N–H and O–H groups in total. The van der Waals surface area contributed by atoms with Gasteiger partial charge in [-0.3, -0.25) is 0 Å². The number of rotatable bonds is 5. The predicted octanol–water partition coefficient (Wildman–Crippen LogP) is 0.0139. The molecule has 1 aromatic carbocycles. The van der Waals surface area contributed by atoms with Crippen LogP contribution in [-0.4, -0.2) is 44.8 Å². The highest BCUT2D eigenvalue weighted by atomic mass is 32.2. The van der Waals surface area contributed by atoms with Crippen LogP contribution in [0.4, 0.5) is 5.69 Å². The lowest BCUT2D eigenvalue weighted by molar-refractivity contribution is -0.150. The minimum absolute atomic E-state index is 0.0558. The van der Waals surface area contributed by atoms with E-state index in [0.29, 0.717) is 18.8 Å². The molecular formula is C12H16N2O5S. The van der Waals surface area contributed by atoms with Crippen molar-refractivity contribution in [3.05, 3.63) is 24.3 Å². The summed E-state index contributed by atoms with van der Waals surface area (Å²) in [5, 5.41) is 13.8. The van der Waals surface area contributed by atoms with Crippen molar-refractivity contribution in [1.82, 2.24) is 0 Å². The largest absolute Gasteiger partial charge is 0.480 e. The summed E-state index contributed by atoms with van der Waals surface area (Å²) in [5.74, 6) is -1.03. The Bertz CT molecular complexity index is 622. The number of para-hydroxylation sites is 1. The number of hydrogen-bond donors (Lipinski definition) is 2. The van der Waals surface area contributed by atoms with Gasteiger partial charge in [-0.2, -0.15) is 0 Å². The normalized spacial score (nSPS) is 17.6. The van der Waals surface area contributed by atoms with E-state index in [1.807, 2.05) is 0 Å². The Morgan fingerprint density at radius 3 is 2.60 bits per heavy atom. The monoisotopic (exact) mass is 300 g/mol. The molecule has 1 aliphatic rings. The van der Waals surface area contributed by atoms with Gasteiger partial charge in [-0.15, -0.1) is 0 Å². The average molecular weight is 300 g/mol. The number of anilines is 1. The number of benzene rings is 1. The zero-order valence-corrected chi connectivity index (χ0v) is 11.8. The summed E-state index contributed by atoms with van der Waals surface area (Å²) < 4.78 is 28.3. The molecule has 1 aromatic rings. The lowest BCUT2D eigenvalue weighted by atomic mass is 9.95. The highest BCUT2D eigenvalue weighted by molar-refractivity contribution is 7.89. The second-order valence-electron chi connectivity index (χ2n) is 5.00. The molecule has 0 unspecified atom stereocenters. The van der Waals surface area contributed by atoms with Crippen molar-refractivity contribution in [3.8, 4) is 0 Å². The maximum absolute atomic E-state index is 11.5. The van der Waals surface area contributed by atoms with Crippen molar-refractivity contribution in [2.75, 3.05) is 24.6 Å². The van der Waals surface area contributed by atoms with Crippen molar-refractivity contribution >= 4 is 21.7 Å². The van der Waals surface area contributed by atoms with Gasteiger partial charge in [0.1, 0.15) is 17.1 Å². The summed E-state index contributed by atoms with van der Waals surface area (Å²) in [6.07, 6.45) is 0. The fourth-order valence-electron chi connectivity index (χ4n) is 2.22. The SMILES string of the molecule is CC1(OCC(=O)O)CN(c2ccccc2S(N)(=O)=O)C1. The van der Waals surface area contributed by atoms with E-state index in [1.165, 1.54) is 6.07 Å². The Kier molecular flexibility index (Phi) is 3.72. The Labute approximate surface area is 117 Å². The first kappa shape index (κ1) is 14.8. The number of carbonyl (C=O) groups is 1. The number of carboxylic acid groups (broad SMARTS) is 1. The molecule has 2 rings (SSSR count). The number of primary sulfonamides is 1. The van der Waals surface area contributed by atoms with Crippen LogP contribution in [0.1, 0.15) is 6.92 Å². The average Bonchev–Trinajstić information content (AvgIpc) is 2.32. The zero-order valence-electron chi connectivity index (χ0n) is 10.9. The van der Waals surface area contributed by atoms with E-state index in [4.69, 9.17) is 15.0 Å². The molecule has 1 saturated heterocycles. The number of carboxylic acids is 1. The number of sulfonamides is 1. The summed E-state index contributed by atoms with van der Waals surface area (Å²) in [5.41, 5.74) is -0.0875. The minimum Gasteiger partial charge on any atom is -0.480 e.